The molecule has 0 spiro atoms. The van der Waals surface area contributed by atoms with Gasteiger partial charge in [0.25, 0.3) is 11.8 Å². The summed E-state index contributed by atoms with van der Waals surface area (Å²) >= 11 is 12.1. The first-order valence-electron chi connectivity index (χ1n) is 7.27. The molecule has 122 valence electrons. The van der Waals surface area contributed by atoms with Crippen molar-refractivity contribution >= 4 is 46.4 Å². The van der Waals surface area contributed by atoms with E-state index in [4.69, 9.17) is 23.2 Å². The van der Waals surface area contributed by atoms with E-state index in [1.165, 1.54) is 0 Å². The zero-order valence-corrected chi connectivity index (χ0v) is 14.6. The molecule has 24 heavy (non-hydrogen) atoms. The van der Waals surface area contributed by atoms with Crippen molar-refractivity contribution in [2.24, 2.45) is 0 Å². The number of hydrogen-bond donors (Lipinski definition) is 1. The number of amides is 2. The third kappa shape index (κ3) is 2.79. The summed E-state index contributed by atoms with van der Waals surface area (Å²) in [5, 5.41) is 3.43. The number of anilines is 2. The maximum Gasteiger partial charge on any atom is 0.283 e. The topological polar surface area (TPSA) is 49.4 Å². The van der Waals surface area contributed by atoms with E-state index in [0.29, 0.717) is 16.4 Å². The molecule has 0 atom stereocenters. The summed E-state index contributed by atoms with van der Waals surface area (Å²) in [7, 11) is 0. The molecule has 1 N–H and O–H groups in total. The third-order valence-electron chi connectivity index (χ3n) is 3.83. The first kappa shape index (κ1) is 16.6. The van der Waals surface area contributed by atoms with E-state index in [0.717, 1.165) is 16.0 Å². The van der Waals surface area contributed by atoms with E-state index in [-0.39, 0.29) is 10.7 Å². The summed E-state index contributed by atoms with van der Waals surface area (Å²) < 4.78 is 0. The second-order valence-electron chi connectivity index (χ2n) is 5.51. The van der Waals surface area contributed by atoms with Crippen molar-refractivity contribution < 1.29 is 9.59 Å². The number of benzene rings is 2. The Morgan fingerprint density at radius 2 is 1.62 bits per heavy atom. The van der Waals surface area contributed by atoms with Crippen LogP contribution in [0.4, 0.5) is 11.4 Å². The number of rotatable bonds is 3. The molecular formula is C18H14Cl2N2O2. The van der Waals surface area contributed by atoms with Gasteiger partial charge in [0.05, 0.1) is 5.69 Å². The fourth-order valence-corrected chi connectivity index (χ4v) is 2.99. The van der Waals surface area contributed by atoms with Gasteiger partial charge in [-0.15, -0.1) is 0 Å². The maximum absolute atomic E-state index is 12.7. The highest BCUT2D eigenvalue weighted by Gasteiger charge is 2.39. The molecule has 0 saturated heterocycles. The molecule has 0 aliphatic carbocycles. The van der Waals surface area contributed by atoms with E-state index in [1.54, 1.807) is 30.3 Å². The zero-order chi connectivity index (χ0) is 17.4. The predicted molar refractivity (Wildman–Crippen MR) is 96.4 cm³/mol. The van der Waals surface area contributed by atoms with Crippen LogP contribution < -0.4 is 10.2 Å². The normalized spacial score (nSPS) is 14.6. The lowest BCUT2D eigenvalue weighted by Gasteiger charge is -2.17. The molecule has 1 aliphatic rings. The molecule has 0 radical (unpaired) electrons. The Hall–Kier alpha value is -2.30. The minimum absolute atomic E-state index is 0.0651. The van der Waals surface area contributed by atoms with Crippen molar-refractivity contribution in [3.05, 3.63) is 69.3 Å². The second kappa shape index (κ2) is 6.30. The number of hydrogen-bond acceptors (Lipinski definition) is 3. The van der Waals surface area contributed by atoms with E-state index in [1.807, 2.05) is 26.0 Å². The molecular weight excluding hydrogens is 347 g/mol. The van der Waals surface area contributed by atoms with Gasteiger partial charge in [-0.25, -0.2) is 4.90 Å². The standard InChI is InChI=1S/C18H14Cl2N2O2/c1-10-5-3-4-6-14(10)22-17(23)15(20)16(18(22)24)21-13-8-7-12(19)9-11(13)2/h3-9,21H,1-2H3. The quantitative estimate of drug-likeness (QED) is 0.825. The number of halogens is 2. The summed E-state index contributed by atoms with van der Waals surface area (Å²) in [6.07, 6.45) is 0. The van der Waals surface area contributed by atoms with Gasteiger partial charge in [-0.2, -0.15) is 0 Å². The summed E-state index contributed by atoms with van der Waals surface area (Å²) in [5.74, 6) is -1.02. The number of imide groups is 1. The molecule has 0 aromatic heterocycles. The average Bonchev–Trinajstić information content (AvgIpc) is 2.74. The van der Waals surface area contributed by atoms with Crippen molar-refractivity contribution in [1.29, 1.82) is 0 Å². The highest BCUT2D eigenvalue weighted by molar-refractivity contribution is 6.53. The minimum Gasteiger partial charge on any atom is -0.349 e. The van der Waals surface area contributed by atoms with Crippen molar-refractivity contribution in [1.82, 2.24) is 0 Å². The van der Waals surface area contributed by atoms with Gasteiger partial charge in [-0.05, 0) is 49.2 Å². The molecule has 2 aromatic carbocycles. The van der Waals surface area contributed by atoms with Crippen LogP contribution in [0, 0.1) is 13.8 Å². The van der Waals surface area contributed by atoms with Crippen LogP contribution in [0.5, 0.6) is 0 Å². The number of carbonyl (C=O) groups excluding carboxylic acids is 2. The summed E-state index contributed by atoms with van der Waals surface area (Å²) in [5.41, 5.74) is 2.91. The van der Waals surface area contributed by atoms with Gasteiger partial charge in [-0.1, -0.05) is 41.4 Å². The van der Waals surface area contributed by atoms with Gasteiger partial charge in [0.15, 0.2) is 0 Å². The second-order valence-corrected chi connectivity index (χ2v) is 6.32. The molecule has 0 fully saturated rings. The van der Waals surface area contributed by atoms with E-state index in [2.05, 4.69) is 5.32 Å². The highest BCUT2D eigenvalue weighted by Crippen LogP contribution is 2.32. The first-order valence-corrected chi connectivity index (χ1v) is 8.03. The Bertz CT molecular complexity index is 890. The Morgan fingerprint density at radius 3 is 2.29 bits per heavy atom. The van der Waals surface area contributed by atoms with E-state index in [9.17, 15) is 9.59 Å². The largest absolute Gasteiger partial charge is 0.349 e. The van der Waals surface area contributed by atoms with E-state index >= 15 is 0 Å². The lowest BCUT2D eigenvalue weighted by atomic mass is 10.2. The van der Waals surface area contributed by atoms with Gasteiger partial charge in [0.2, 0.25) is 0 Å². The van der Waals surface area contributed by atoms with Gasteiger partial charge in [0, 0.05) is 10.7 Å². The zero-order valence-electron chi connectivity index (χ0n) is 13.1. The van der Waals surface area contributed by atoms with Crippen LogP contribution in [0.3, 0.4) is 0 Å². The van der Waals surface area contributed by atoms with Crippen molar-refractivity contribution in [2.45, 2.75) is 13.8 Å². The first-order chi connectivity index (χ1) is 11.4. The van der Waals surface area contributed by atoms with Crippen molar-refractivity contribution in [3.8, 4) is 0 Å². The Labute approximate surface area is 149 Å². The van der Waals surface area contributed by atoms with Crippen LogP contribution in [0.1, 0.15) is 11.1 Å². The lowest BCUT2D eigenvalue weighted by Crippen LogP contribution is -2.32. The smallest absolute Gasteiger partial charge is 0.283 e. The Balaban J connectivity index is 1.96. The molecule has 1 heterocycles. The fraction of sp³-hybridized carbons (Fsp3) is 0.111. The van der Waals surface area contributed by atoms with Crippen LogP contribution in [0.2, 0.25) is 5.02 Å². The van der Waals surface area contributed by atoms with Gasteiger partial charge < -0.3 is 5.32 Å². The van der Waals surface area contributed by atoms with Crippen molar-refractivity contribution in [3.63, 3.8) is 0 Å². The monoisotopic (exact) mass is 360 g/mol. The molecule has 6 heteroatoms. The highest BCUT2D eigenvalue weighted by atomic mass is 35.5. The predicted octanol–water partition coefficient (Wildman–Crippen LogP) is 4.39. The van der Waals surface area contributed by atoms with Crippen LogP contribution in [-0.4, -0.2) is 11.8 Å². The fourth-order valence-electron chi connectivity index (χ4n) is 2.55. The third-order valence-corrected chi connectivity index (χ3v) is 4.42. The van der Waals surface area contributed by atoms with Gasteiger partial charge >= 0.3 is 0 Å². The maximum atomic E-state index is 12.7. The van der Waals surface area contributed by atoms with Gasteiger partial charge in [0.1, 0.15) is 10.7 Å². The van der Waals surface area contributed by atoms with Crippen LogP contribution in [-0.2, 0) is 9.59 Å². The number of carbonyl (C=O) groups is 2. The summed E-state index contributed by atoms with van der Waals surface area (Å²) in [4.78, 5) is 26.3. The lowest BCUT2D eigenvalue weighted by molar-refractivity contribution is -0.120. The minimum atomic E-state index is -0.537. The van der Waals surface area contributed by atoms with Crippen LogP contribution in [0.25, 0.3) is 0 Å². The Morgan fingerprint density at radius 1 is 0.917 bits per heavy atom. The molecule has 0 saturated carbocycles. The average molecular weight is 361 g/mol. The van der Waals surface area contributed by atoms with E-state index < -0.39 is 11.8 Å². The molecule has 0 unspecified atom stereocenters. The summed E-state index contributed by atoms with van der Waals surface area (Å²) in [6, 6.07) is 12.4. The number of para-hydroxylation sites is 1. The SMILES string of the molecule is Cc1cc(Cl)ccc1NC1=C(Cl)C(=O)N(c2ccccc2C)C1=O. The molecule has 0 bridgehead atoms. The number of nitrogens with zero attached hydrogens (tertiary/aromatic N) is 1. The van der Waals surface area contributed by atoms with Crippen molar-refractivity contribution in [2.75, 3.05) is 10.2 Å². The Kier molecular flexibility index (Phi) is 4.35. The number of aryl methyl sites for hydroxylation is 2. The molecule has 4 nitrogen and oxygen atoms in total. The van der Waals surface area contributed by atoms with Gasteiger partial charge in [-0.3, -0.25) is 9.59 Å². The summed E-state index contributed by atoms with van der Waals surface area (Å²) in [6.45, 7) is 3.68. The molecule has 2 amide bonds. The molecule has 2 aromatic rings. The number of nitrogens with one attached hydrogen (secondary N) is 1. The molecule has 3 rings (SSSR count). The van der Waals surface area contributed by atoms with Crippen LogP contribution >= 0.6 is 23.2 Å². The molecule has 1 aliphatic heterocycles. The van der Waals surface area contributed by atoms with Crippen LogP contribution in [0.15, 0.2) is 53.2 Å².